The lowest BCUT2D eigenvalue weighted by Crippen LogP contribution is -2.07. The smallest absolute Gasteiger partial charge is 0.248 e. The van der Waals surface area contributed by atoms with Crippen LogP contribution in [-0.2, 0) is 4.79 Å². The summed E-state index contributed by atoms with van der Waals surface area (Å²) >= 11 is 5.93. The molecular formula is C18H15ClN2O2. The van der Waals surface area contributed by atoms with E-state index >= 15 is 0 Å². The van der Waals surface area contributed by atoms with Crippen molar-refractivity contribution in [1.82, 2.24) is 0 Å². The van der Waals surface area contributed by atoms with Gasteiger partial charge in [-0.2, -0.15) is 5.26 Å². The SMILES string of the molecule is CCOc1ccccc1/C=C/C(=O)Nc1ccc(C#N)c(Cl)c1. The topological polar surface area (TPSA) is 62.1 Å². The van der Waals surface area contributed by atoms with Gasteiger partial charge in [0.2, 0.25) is 5.91 Å². The van der Waals surface area contributed by atoms with Crippen molar-refractivity contribution in [2.45, 2.75) is 6.92 Å². The zero-order valence-electron chi connectivity index (χ0n) is 12.5. The van der Waals surface area contributed by atoms with Crippen LogP contribution in [0.25, 0.3) is 6.08 Å². The summed E-state index contributed by atoms with van der Waals surface area (Å²) in [4.78, 5) is 12.0. The third-order valence-corrected chi connectivity index (χ3v) is 3.30. The van der Waals surface area contributed by atoms with Gasteiger partial charge in [-0.25, -0.2) is 0 Å². The molecule has 0 radical (unpaired) electrons. The van der Waals surface area contributed by atoms with Crippen LogP contribution < -0.4 is 10.1 Å². The Bertz CT molecular complexity index is 779. The lowest BCUT2D eigenvalue weighted by atomic mass is 10.2. The van der Waals surface area contributed by atoms with E-state index in [4.69, 9.17) is 21.6 Å². The molecule has 0 aliphatic rings. The van der Waals surface area contributed by atoms with Crippen LogP contribution >= 0.6 is 11.6 Å². The van der Waals surface area contributed by atoms with Crippen molar-refractivity contribution in [2.75, 3.05) is 11.9 Å². The molecular weight excluding hydrogens is 312 g/mol. The average molecular weight is 327 g/mol. The largest absolute Gasteiger partial charge is 0.493 e. The third kappa shape index (κ3) is 4.60. The van der Waals surface area contributed by atoms with Gasteiger partial charge in [0.25, 0.3) is 0 Å². The Morgan fingerprint density at radius 2 is 2.13 bits per heavy atom. The number of hydrogen-bond acceptors (Lipinski definition) is 3. The van der Waals surface area contributed by atoms with Crippen molar-refractivity contribution >= 4 is 29.3 Å². The molecule has 1 N–H and O–H groups in total. The normalized spacial score (nSPS) is 10.3. The van der Waals surface area contributed by atoms with E-state index in [1.54, 1.807) is 24.3 Å². The summed E-state index contributed by atoms with van der Waals surface area (Å²) in [7, 11) is 0. The summed E-state index contributed by atoms with van der Waals surface area (Å²) < 4.78 is 5.50. The highest BCUT2D eigenvalue weighted by Gasteiger charge is 2.04. The minimum Gasteiger partial charge on any atom is -0.493 e. The quantitative estimate of drug-likeness (QED) is 0.835. The van der Waals surface area contributed by atoms with Gasteiger partial charge in [-0.3, -0.25) is 4.79 Å². The van der Waals surface area contributed by atoms with Gasteiger partial charge in [-0.1, -0.05) is 29.8 Å². The molecule has 0 aliphatic carbocycles. The molecule has 2 rings (SSSR count). The Balaban J connectivity index is 2.08. The van der Waals surface area contributed by atoms with E-state index < -0.39 is 0 Å². The standard InChI is InChI=1S/C18H15ClN2O2/c1-2-23-17-6-4-3-5-13(17)8-10-18(22)21-15-9-7-14(12-20)16(19)11-15/h3-11H,2H2,1H3,(H,21,22)/b10-8+. The first kappa shape index (κ1) is 16.6. The summed E-state index contributed by atoms with van der Waals surface area (Å²) in [5, 5.41) is 11.8. The summed E-state index contributed by atoms with van der Waals surface area (Å²) in [5.41, 5.74) is 1.72. The number of nitrogens with zero attached hydrogens (tertiary/aromatic N) is 1. The number of halogens is 1. The second-order valence-corrected chi connectivity index (χ2v) is 5.01. The summed E-state index contributed by atoms with van der Waals surface area (Å²) in [6.45, 7) is 2.46. The monoisotopic (exact) mass is 326 g/mol. The van der Waals surface area contributed by atoms with Crippen LogP contribution in [0.2, 0.25) is 5.02 Å². The van der Waals surface area contributed by atoms with E-state index in [9.17, 15) is 4.79 Å². The number of carbonyl (C=O) groups is 1. The number of benzene rings is 2. The van der Waals surface area contributed by atoms with Gasteiger partial charge in [0.1, 0.15) is 11.8 Å². The fourth-order valence-electron chi connectivity index (χ4n) is 1.94. The molecule has 4 nitrogen and oxygen atoms in total. The highest BCUT2D eigenvalue weighted by molar-refractivity contribution is 6.32. The molecule has 0 aliphatic heterocycles. The lowest BCUT2D eigenvalue weighted by molar-refractivity contribution is -0.111. The zero-order valence-corrected chi connectivity index (χ0v) is 13.3. The Morgan fingerprint density at radius 3 is 2.83 bits per heavy atom. The van der Waals surface area contributed by atoms with Crippen LogP contribution in [0, 0.1) is 11.3 Å². The maximum absolute atomic E-state index is 12.0. The first-order valence-electron chi connectivity index (χ1n) is 7.04. The number of nitrogens with one attached hydrogen (secondary N) is 1. The predicted octanol–water partition coefficient (Wildman–Crippen LogP) is 4.26. The van der Waals surface area contributed by atoms with Crippen molar-refractivity contribution in [1.29, 1.82) is 5.26 Å². The first-order valence-corrected chi connectivity index (χ1v) is 7.42. The number of rotatable bonds is 5. The predicted molar refractivity (Wildman–Crippen MR) is 91.4 cm³/mol. The zero-order chi connectivity index (χ0) is 16.7. The molecule has 0 atom stereocenters. The number of hydrogen-bond donors (Lipinski definition) is 1. The number of nitriles is 1. The number of amides is 1. The second kappa shape index (κ2) is 8.02. The van der Waals surface area contributed by atoms with Crippen LogP contribution in [0.5, 0.6) is 5.75 Å². The highest BCUT2D eigenvalue weighted by Crippen LogP contribution is 2.21. The van der Waals surface area contributed by atoms with E-state index in [0.29, 0.717) is 22.9 Å². The molecule has 0 saturated heterocycles. The second-order valence-electron chi connectivity index (χ2n) is 4.60. The van der Waals surface area contributed by atoms with Crippen molar-refractivity contribution < 1.29 is 9.53 Å². The van der Waals surface area contributed by atoms with Crippen molar-refractivity contribution in [2.24, 2.45) is 0 Å². The number of para-hydroxylation sites is 1. The van der Waals surface area contributed by atoms with Gasteiger partial charge in [-0.05, 0) is 37.3 Å². The van der Waals surface area contributed by atoms with Crippen molar-refractivity contribution in [3.8, 4) is 11.8 Å². The van der Waals surface area contributed by atoms with Crippen LogP contribution in [0.4, 0.5) is 5.69 Å². The molecule has 0 bridgehead atoms. The molecule has 0 spiro atoms. The molecule has 116 valence electrons. The molecule has 5 heteroatoms. The maximum atomic E-state index is 12.0. The molecule has 0 aromatic heterocycles. The first-order chi connectivity index (χ1) is 11.1. The Morgan fingerprint density at radius 1 is 1.35 bits per heavy atom. The molecule has 2 aromatic carbocycles. The summed E-state index contributed by atoms with van der Waals surface area (Å²) in [6, 6.07) is 14.2. The van der Waals surface area contributed by atoms with Crippen molar-refractivity contribution in [3.63, 3.8) is 0 Å². The minimum atomic E-state index is -0.294. The van der Waals surface area contributed by atoms with Gasteiger partial charge in [0.05, 0.1) is 17.2 Å². The Labute approximate surface area is 140 Å². The maximum Gasteiger partial charge on any atom is 0.248 e. The number of ether oxygens (including phenoxy) is 1. The fourth-order valence-corrected chi connectivity index (χ4v) is 2.16. The van der Waals surface area contributed by atoms with Gasteiger partial charge in [0.15, 0.2) is 0 Å². The number of anilines is 1. The Hall–Kier alpha value is -2.77. The highest BCUT2D eigenvalue weighted by atomic mass is 35.5. The minimum absolute atomic E-state index is 0.294. The van der Waals surface area contributed by atoms with E-state index in [2.05, 4.69) is 5.32 Å². The molecule has 0 unspecified atom stereocenters. The van der Waals surface area contributed by atoms with Gasteiger partial charge >= 0.3 is 0 Å². The molecule has 1 amide bonds. The van der Waals surface area contributed by atoms with Crippen LogP contribution in [-0.4, -0.2) is 12.5 Å². The van der Waals surface area contributed by atoms with Gasteiger partial charge < -0.3 is 10.1 Å². The van der Waals surface area contributed by atoms with Gasteiger partial charge in [0, 0.05) is 17.3 Å². The molecule has 0 fully saturated rings. The van der Waals surface area contributed by atoms with Gasteiger partial charge in [-0.15, -0.1) is 0 Å². The molecule has 0 heterocycles. The van der Waals surface area contributed by atoms with E-state index in [1.165, 1.54) is 6.08 Å². The van der Waals surface area contributed by atoms with Crippen LogP contribution in [0.3, 0.4) is 0 Å². The average Bonchev–Trinajstić information content (AvgIpc) is 2.54. The lowest BCUT2D eigenvalue weighted by Gasteiger charge is -2.06. The van der Waals surface area contributed by atoms with E-state index in [1.807, 2.05) is 37.3 Å². The summed E-state index contributed by atoms with van der Waals surface area (Å²) in [5.74, 6) is 0.428. The Kier molecular flexibility index (Phi) is 5.79. The van der Waals surface area contributed by atoms with Crippen LogP contribution in [0.15, 0.2) is 48.5 Å². The van der Waals surface area contributed by atoms with Crippen molar-refractivity contribution in [3.05, 3.63) is 64.7 Å². The third-order valence-electron chi connectivity index (χ3n) is 2.99. The molecule has 0 saturated carbocycles. The molecule has 23 heavy (non-hydrogen) atoms. The number of carbonyl (C=O) groups excluding carboxylic acids is 1. The van der Waals surface area contributed by atoms with E-state index in [-0.39, 0.29) is 5.91 Å². The van der Waals surface area contributed by atoms with E-state index in [0.717, 1.165) is 11.3 Å². The summed E-state index contributed by atoms with van der Waals surface area (Å²) in [6.07, 6.45) is 3.11. The molecule has 2 aromatic rings. The van der Waals surface area contributed by atoms with Crippen LogP contribution in [0.1, 0.15) is 18.1 Å². The fraction of sp³-hybridized carbons (Fsp3) is 0.111.